The molecule has 1 N–H and O–H groups in total. The van der Waals surface area contributed by atoms with Crippen molar-refractivity contribution in [1.82, 2.24) is 10.2 Å². The predicted molar refractivity (Wildman–Crippen MR) is 85.1 cm³/mol. The number of amides is 2. The van der Waals surface area contributed by atoms with Gasteiger partial charge in [0.15, 0.2) is 0 Å². The van der Waals surface area contributed by atoms with Gasteiger partial charge in [0.25, 0.3) is 0 Å². The van der Waals surface area contributed by atoms with Gasteiger partial charge in [-0.05, 0) is 44.2 Å². The maximum Gasteiger partial charge on any atom is 0.318 e. The Morgan fingerprint density at radius 3 is 3.09 bits per heavy atom. The smallest absolute Gasteiger partial charge is 0.318 e. The van der Waals surface area contributed by atoms with Crippen molar-refractivity contribution in [2.24, 2.45) is 0 Å². The van der Waals surface area contributed by atoms with E-state index in [2.05, 4.69) is 5.32 Å². The van der Waals surface area contributed by atoms with Crippen LogP contribution in [0.15, 0.2) is 16.5 Å². The van der Waals surface area contributed by atoms with Gasteiger partial charge in [-0.2, -0.15) is 0 Å². The Bertz CT molecular complexity index is 510. The standard InChI is InChI=1S/C17H26N2O4/c1-21-12-14-6-7-16(23-14)15-5-2-10-19(15)17(20)18-9-8-13-4-3-11-22-13/h6-7,13,15H,2-5,8-12H2,1H3,(H,18,20)/t13-,15+/m0/s1. The van der Waals surface area contributed by atoms with Gasteiger partial charge in [0.1, 0.15) is 18.1 Å². The van der Waals surface area contributed by atoms with Gasteiger partial charge < -0.3 is 24.1 Å². The second-order valence-electron chi connectivity index (χ2n) is 6.24. The fourth-order valence-corrected chi connectivity index (χ4v) is 3.41. The Hall–Kier alpha value is -1.53. The number of carbonyl (C=O) groups excluding carboxylic acids is 1. The molecule has 2 saturated heterocycles. The molecular weight excluding hydrogens is 296 g/mol. The Morgan fingerprint density at radius 2 is 2.30 bits per heavy atom. The first-order chi connectivity index (χ1) is 11.3. The largest absolute Gasteiger partial charge is 0.461 e. The lowest BCUT2D eigenvalue weighted by atomic mass is 10.1. The van der Waals surface area contributed by atoms with E-state index in [0.717, 1.165) is 56.8 Å². The number of furan rings is 1. The van der Waals surface area contributed by atoms with E-state index in [1.54, 1.807) is 7.11 Å². The first-order valence-electron chi connectivity index (χ1n) is 8.51. The molecule has 0 unspecified atom stereocenters. The molecule has 128 valence electrons. The minimum absolute atomic E-state index is 0.00446. The second kappa shape index (κ2) is 7.84. The van der Waals surface area contributed by atoms with E-state index in [1.165, 1.54) is 0 Å². The maximum atomic E-state index is 12.4. The van der Waals surface area contributed by atoms with Crippen molar-refractivity contribution >= 4 is 6.03 Å². The molecule has 2 aliphatic rings. The molecule has 23 heavy (non-hydrogen) atoms. The van der Waals surface area contributed by atoms with Gasteiger partial charge in [0.2, 0.25) is 0 Å². The zero-order valence-corrected chi connectivity index (χ0v) is 13.8. The molecule has 3 heterocycles. The molecule has 0 aliphatic carbocycles. The van der Waals surface area contributed by atoms with E-state index in [4.69, 9.17) is 13.9 Å². The molecule has 0 bridgehead atoms. The number of rotatable bonds is 6. The molecule has 0 radical (unpaired) electrons. The predicted octanol–water partition coefficient (Wildman–Crippen LogP) is 2.84. The minimum atomic E-state index is -0.00446. The summed E-state index contributed by atoms with van der Waals surface area (Å²) in [5, 5.41) is 3.02. The summed E-state index contributed by atoms with van der Waals surface area (Å²) in [6.45, 7) is 2.76. The van der Waals surface area contributed by atoms with Gasteiger partial charge in [-0.25, -0.2) is 4.79 Å². The highest BCUT2D eigenvalue weighted by molar-refractivity contribution is 5.75. The molecule has 0 spiro atoms. The van der Waals surface area contributed by atoms with Gasteiger partial charge in [-0.15, -0.1) is 0 Å². The van der Waals surface area contributed by atoms with Crippen molar-refractivity contribution in [3.05, 3.63) is 23.7 Å². The highest BCUT2D eigenvalue weighted by atomic mass is 16.5. The molecular formula is C17H26N2O4. The number of likely N-dealkylation sites (tertiary alicyclic amines) is 1. The van der Waals surface area contributed by atoms with Crippen LogP contribution in [-0.4, -0.2) is 43.8 Å². The first-order valence-corrected chi connectivity index (χ1v) is 8.51. The summed E-state index contributed by atoms with van der Waals surface area (Å²) in [5.74, 6) is 1.65. The van der Waals surface area contributed by atoms with E-state index in [0.29, 0.717) is 19.3 Å². The average Bonchev–Trinajstić information content (AvgIpc) is 3.28. The summed E-state index contributed by atoms with van der Waals surface area (Å²) in [5.41, 5.74) is 0. The van der Waals surface area contributed by atoms with E-state index in [-0.39, 0.29) is 12.1 Å². The van der Waals surface area contributed by atoms with Crippen molar-refractivity contribution in [1.29, 1.82) is 0 Å². The zero-order valence-electron chi connectivity index (χ0n) is 13.8. The number of urea groups is 1. The number of nitrogens with one attached hydrogen (secondary N) is 1. The number of methoxy groups -OCH3 is 1. The summed E-state index contributed by atoms with van der Waals surface area (Å²) >= 11 is 0. The highest BCUT2D eigenvalue weighted by Crippen LogP contribution is 2.33. The Balaban J connectivity index is 1.51. The summed E-state index contributed by atoms with van der Waals surface area (Å²) in [6, 6.07) is 3.90. The maximum absolute atomic E-state index is 12.4. The molecule has 2 amide bonds. The quantitative estimate of drug-likeness (QED) is 0.875. The minimum Gasteiger partial charge on any atom is -0.461 e. The lowest BCUT2D eigenvalue weighted by Crippen LogP contribution is -2.40. The third-order valence-electron chi connectivity index (χ3n) is 4.58. The lowest BCUT2D eigenvalue weighted by molar-refractivity contribution is 0.104. The van der Waals surface area contributed by atoms with Gasteiger partial charge in [0, 0.05) is 26.8 Å². The summed E-state index contributed by atoms with van der Waals surface area (Å²) in [4.78, 5) is 14.3. The normalized spacial score (nSPS) is 24.3. The van der Waals surface area contributed by atoms with E-state index < -0.39 is 0 Å². The summed E-state index contributed by atoms with van der Waals surface area (Å²) in [6.07, 6.45) is 5.39. The average molecular weight is 322 g/mol. The van der Waals surface area contributed by atoms with Crippen molar-refractivity contribution in [2.45, 2.75) is 50.9 Å². The third kappa shape index (κ3) is 4.06. The van der Waals surface area contributed by atoms with Crippen molar-refractivity contribution in [3.8, 4) is 0 Å². The van der Waals surface area contributed by atoms with Crippen LogP contribution in [0.1, 0.15) is 49.7 Å². The molecule has 6 heteroatoms. The molecule has 2 atom stereocenters. The fourth-order valence-electron chi connectivity index (χ4n) is 3.41. The number of ether oxygens (including phenoxy) is 2. The molecule has 1 aromatic heterocycles. The molecule has 2 aliphatic heterocycles. The summed E-state index contributed by atoms with van der Waals surface area (Å²) < 4.78 is 16.5. The van der Waals surface area contributed by atoms with Gasteiger partial charge >= 0.3 is 6.03 Å². The van der Waals surface area contributed by atoms with E-state index in [1.807, 2.05) is 17.0 Å². The highest BCUT2D eigenvalue weighted by Gasteiger charge is 2.32. The van der Waals surface area contributed by atoms with Crippen LogP contribution in [0.3, 0.4) is 0 Å². The lowest BCUT2D eigenvalue weighted by Gasteiger charge is -2.24. The Kier molecular flexibility index (Phi) is 5.56. The van der Waals surface area contributed by atoms with Crippen LogP contribution >= 0.6 is 0 Å². The number of hydrogen-bond acceptors (Lipinski definition) is 4. The second-order valence-corrected chi connectivity index (χ2v) is 6.24. The molecule has 6 nitrogen and oxygen atoms in total. The summed E-state index contributed by atoms with van der Waals surface area (Å²) in [7, 11) is 1.64. The van der Waals surface area contributed by atoms with Crippen molar-refractivity contribution in [2.75, 3.05) is 26.8 Å². The Morgan fingerprint density at radius 1 is 1.39 bits per heavy atom. The van der Waals surface area contributed by atoms with E-state index in [9.17, 15) is 4.79 Å². The van der Waals surface area contributed by atoms with Crippen LogP contribution < -0.4 is 5.32 Å². The van der Waals surface area contributed by atoms with Crippen LogP contribution in [0.5, 0.6) is 0 Å². The number of carbonyl (C=O) groups is 1. The van der Waals surface area contributed by atoms with Gasteiger partial charge in [-0.3, -0.25) is 0 Å². The van der Waals surface area contributed by atoms with Crippen LogP contribution in [0.4, 0.5) is 4.79 Å². The van der Waals surface area contributed by atoms with Crippen molar-refractivity contribution in [3.63, 3.8) is 0 Å². The first kappa shape index (κ1) is 16.3. The number of nitrogens with zero attached hydrogens (tertiary/aromatic N) is 1. The third-order valence-corrected chi connectivity index (χ3v) is 4.58. The van der Waals surface area contributed by atoms with Gasteiger partial charge in [-0.1, -0.05) is 0 Å². The van der Waals surface area contributed by atoms with Crippen LogP contribution in [-0.2, 0) is 16.1 Å². The van der Waals surface area contributed by atoms with E-state index >= 15 is 0 Å². The SMILES string of the molecule is COCc1ccc([C@H]2CCCN2C(=O)NCC[C@@H]2CCCO2)o1. The van der Waals surface area contributed by atoms with Gasteiger partial charge in [0.05, 0.1) is 12.1 Å². The monoisotopic (exact) mass is 322 g/mol. The zero-order chi connectivity index (χ0) is 16.1. The molecule has 2 fully saturated rings. The van der Waals surface area contributed by atoms with Crippen molar-refractivity contribution < 1.29 is 18.7 Å². The number of hydrogen-bond donors (Lipinski definition) is 1. The topological polar surface area (TPSA) is 63.9 Å². The Labute approximate surface area is 137 Å². The fraction of sp³-hybridized carbons (Fsp3) is 0.706. The van der Waals surface area contributed by atoms with Crippen LogP contribution in [0.2, 0.25) is 0 Å². The molecule has 0 aromatic carbocycles. The molecule has 3 rings (SSSR count). The molecule has 0 saturated carbocycles. The van der Waals surface area contributed by atoms with Crippen LogP contribution in [0.25, 0.3) is 0 Å². The molecule has 1 aromatic rings. The van der Waals surface area contributed by atoms with Crippen LogP contribution in [0, 0.1) is 0 Å².